The summed E-state index contributed by atoms with van der Waals surface area (Å²) in [6.45, 7) is 11.1. The standard InChI is InChI=1S/C30H34BrN6O2P/c1-18-16-27(37-11-13-39-14-12-37)19(2)15-26(18)35-30-32-17-22(31)29(36-30)34-25-10-9-24-21(28(25)40(3,4)38)7-8-23(33-24)20-5-6-20/h7-10,15-17,20H,5-6,11-14H2,1-4H3,(H2,32,34,35,36). The van der Waals surface area contributed by atoms with Gasteiger partial charge in [-0.1, -0.05) is 6.07 Å². The normalized spacial score (nSPS) is 15.9. The van der Waals surface area contributed by atoms with Crippen LogP contribution in [0.1, 0.15) is 35.6 Å². The van der Waals surface area contributed by atoms with Crippen LogP contribution in [0.4, 0.5) is 28.8 Å². The first-order chi connectivity index (χ1) is 19.2. The molecule has 0 spiro atoms. The van der Waals surface area contributed by atoms with E-state index in [9.17, 15) is 4.57 Å². The van der Waals surface area contributed by atoms with Crippen LogP contribution in [-0.4, -0.2) is 54.6 Å². The molecule has 0 bridgehead atoms. The van der Waals surface area contributed by atoms with Gasteiger partial charge < -0.3 is 24.8 Å². The van der Waals surface area contributed by atoms with Crippen molar-refractivity contribution in [3.8, 4) is 0 Å². The fourth-order valence-corrected chi connectivity index (χ4v) is 7.11. The van der Waals surface area contributed by atoms with Gasteiger partial charge in [0.25, 0.3) is 0 Å². The Morgan fingerprint density at radius 1 is 0.975 bits per heavy atom. The molecule has 2 aliphatic rings. The van der Waals surface area contributed by atoms with Crippen LogP contribution in [0.5, 0.6) is 0 Å². The first-order valence-electron chi connectivity index (χ1n) is 13.7. The second kappa shape index (κ2) is 10.8. The minimum absolute atomic E-state index is 0.474. The molecule has 8 nitrogen and oxygen atoms in total. The van der Waals surface area contributed by atoms with Gasteiger partial charge in [0, 0.05) is 53.0 Å². The van der Waals surface area contributed by atoms with E-state index < -0.39 is 7.14 Å². The summed E-state index contributed by atoms with van der Waals surface area (Å²) in [4.78, 5) is 16.6. The lowest BCUT2D eigenvalue weighted by Crippen LogP contribution is -2.36. The number of nitrogens with zero attached hydrogens (tertiary/aromatic N) is 4. The Bertz CT molecular complexity index is 1650. The Kier molecular flexibility index (Phi) is 7.32. The first kappa shape index (κ1) is 27.2. The van der Waals surface area contributed by atoms with Crippen molar-refractivity contribution in [1.82, 2.24) is 15.0 Å². The summed E-state index contributed by atoms with van der Waals surface area (Å²) in [6.07, 6.45) is 4.12. The molecule has 3 heterocycles. The summed E-state index contributed by atoms with van der Waals surface area (Å²) in [5.41, 5.74) is 7.25. The molecule has 0 unspecified atom stereocenters. The highest BCUT2D eigenvalue weighted by Gasteiger charge is 2.27. The highest BCUT2D eigenvalue weighted by atomic mass is 79.9. The molecule has 2 aromatic heterocycles. The van der Waals surface area contributed by atoms with Crippen molar-refractivity contribution in [3.63, 3.8) is 0 Å². The van der Waals surface area contributed by atoms with Gasteiger partial charge in [-0.25, -0.2) is 4.98 Å². The number of hydrogen-bond acceptors (Lipinski definition) is 8. The van der Waals surface area contributed by atoms with Crippen LogP contribution < -0.4 is 20.8 Å². The molecule has 0 amide bonds. The van der Waals surface area contributed by atoms with Gasteiger partial charge in [0.2, 0.25) is 5.95 Å². The van der Waals surface area contributed by atoms with E-state index in [4.69, 9.17) is 14.7 Å². The number of rotatable bonds is 7. The molecule has 1 saturated heterocycles. The average molecular weight is 622 g/mol. The zero-order chi connectivity index (χ0) is 28.0. The van der Waals surface area contributed by atoms with E-state index in [-0.39, 0.29) is 0 Å². The van der Waals surface area contributed by atoms with Crippen molar-refractivity contribution >= 4 is 68.1 Å². The maximum Gasteiger partial charge on any atom is 0.229 e. The van der Waals surface area contributed by atoms with Crippen LogP contribution in [0.3, 0.4) is 0 Å². The van der Waals surface area contributed by atoms with Crippen molar-refractivity contribution in [2.45, 2.75) is 32.6 Å². The number of ether oxygens (including phenoxy) is 1. The quantitative estimate of drug-likeness (QED) is 0.217. The number of anilines is 5. The molecule has 1 aliphatic carbocycles. The molecule has 6 rings (SSSR count). The lowest BCUT2D eigenvalue weighted by Gasteiger charge is -2.31. The number of fused-ring (bicyclic) bond motifs is 1. The molecule has 4 aromatic rings. The number of hydrogen-bond donors (Lipinski definition) is 2. The van der Waals surface area contributed by atoms with Gasteiger partial charge in [0.15, 0.2) is 0 Å². The van der Waals surface area contributed by atoms with Crippen LogP contribution in [0, 0.1) is 13.8 Å². The van der Waals surface area contributed by atoms with Crippen molar-refractivity contribution in [2.75, 3.05) is 55.2 Å². The number of aryl methyl sites for hydroxylation is 2. The van der Waals surface area contributed by atoms with Gasteiger partial charge in [-0.05, 0) is 97.4 Å². The Labute approximate surface area is 243 Å². The Hall–Kier alpha value is -3.00. The lowest BCUT2D eigenvalue weighted by molar-refractivity contribution is 0.122. The highest BCUT2D eigenvalue weighted by Crippen LogP contribution is 2.43. The molecule has 0 radical (unpaired) electrons. The van der Waals surface area contributed by atoms with E-state index in [0.29, 0.717) is 22.2 Å². The third-order valence-corrected chi connectivity index (χ3v) is 9.68. The molecular weight excluding hydrogens is 587 g/mol. The Morgan fingerprint density at radius 2 is 1.75 bits per heavy atom. The fourth-order valence-electron chi connectivity index (χ4n) is 5.34. The molecule has 10 heteroatoms. The zero-order valence-corrected chi connectivity index (χ0v) is 25.8. The Balaban J connectivity index is 1.30. The number of benzene rings is 2. The SMILES string of the molecule is Cc1cc(N2CCOCC2)c(C)cc1Nc1ncc(Br)c(Nc2ccc3nc(C4CC4)ccc3c2P(C)(C)=O)n1. The monoisotopic (exact) mass is 620 g/mol. The van der Waals surface area contributed by atoms with Crippen molar-refractivity contribution in [3.05, 3.63) is 63.9 Å². The summed E-state index contributed by atoms with van der Waals surface area (Å²) in [7, 11) is -2.66. The molecule has 1 saturated carbocycles. The molecule has 2 aromatic carbocycles. The first-order valence-corrected chi connectivity index (χ1v) is 17.1. The molecular formula is C30H34BrN6O2P. The second-order valence-corrected chi connectivity index (χ2v) is 15.1. The fraction of sp³-hybridized carbons (Fsp3) is 0.367. The smallest absolute Gasteiger partial charge is 0.229 e. The van der Waals surface area contributed by atoms with Crippen LogP contribution in [0.15, 0.2) is 47.1 Å². The minimum Gasteiger partial charge on any atom is -0.378 e. The van der Waals surface area contributed by atoms with Crippen LogP contribution >= 0.6 is 23.1 Å². The molecule has 0 atom stereocenters. The van der Waals surface area contributed by atoms with Crippen LogP contribution in [0.25, 0.3) is 10.9 Å². The number of aromatic nitrogens is 3. The van der Waals surface area contributed by atoms with E-state index in [0.717, 1.165) is 65.1 Å². The van der Waals surface area contributed by atoms with Gasteiger partial charge >= 0.3 is 0 Å². The number of pyridine rings is 1. The summed E-state index contributed by atoms with van der Waals surface area (Å²) < 4.78 is 19.8. The van der Waals surface area contributed by atoms with Gasteiger partial charge in [0.1, 0.15) is 13.0 Å². The maximum atomic E-state index is 13.5. The molecule has 1 aliphatic heterocycles. The van der Waals surface area contributed by atoms with Crippen molar-refractivity contribution in [2.24, 2.45) is 0 Å². The van der Waals surface area contributed by atoms with Crippen LogP contribution in [-0.2, 0) is 9.30 Å². The number of nitrogens with one attached hydrogen (secondary N) is 2. The van der Waals surface area contributed by atoms with Crippen LogP contribution in [0.2, 0.25) is 0 Å². The van der Waals surface area contributed by atoms with Crippen molar-refractivity contribution < 1.29 is 9.30 Å². The summed E-state index contributed by atoms with van der Waals surface area (Å²) in [5, 5.41) is 8.54. The zero-order valence-electron chi connectivity index (χ0n) is 23.3. The molecule has 2 N–H and O–H groups in total. The summed E-state index contributed by atoms with van der Waals surface area (Å²) in [6, 6.07) is 12.5. The van der Waals surface area contributed by atoms with Gasteiger partial charge in [0.05, 0.1) is 28.9 Å². The second-order valence-electron chi connectivity index (χ2n) is 11.1. The predicted octanol–water partition coefficient (Wildman–Crippen LogP) is 6.85. The molecule has 2 fully saturated rings. The van der Waals surface area contributed by atoms with Gasteiger partial charge in [-0.2, -0.15) is 4.98 Å². The van der Waals surface area contributed by atoms with E-state index in [1.54, 1.807) is 19.5 Å². The topological polar surface area (TPSA) is 92.3 Å². The summed E-state index contributed by atoms with van der Waals surface area (Å²) in [5.74, 6) is 1.63. The van der Waals surface area contributed by atoms with E-state index in [2.05, 4.69) is 74.6 Å². The van der Waals surface area contributed by atoms with E-state index >= 15 is 0 Å². The number of morpholine rings is 1. The van der Waals surface area contributed by atoms with E-state index in [1.807, 2.05) is 12.1 Å². The lowest BCUT2D eigenvalue weighted by atomic mass is 10.1. The average Bonchev–Trinajstić information content (AvgIpc) is 3.77. The number of halogens is 1. The van der Waals surface area contributed by atoms with E-state index in [1.165, 1.54) is 24.1 Å². The largest absolute Gasteiger partial charge is 0.378 e. The van der Waals surface area contributed by atoms with Crippen molar-refractivity contribution in [1.29, 1.82) is 0 Å². The molecule has 40 heavy (non-hydrogen) atoms. The predicted molar refractivity (Wildman–Crippen MR) is 168 cm³/mol. The highest BCUT2D eigenvalue weighted by molar-refractivity contribution is 9.10. The molecule has 208 valence electrons. The van der Waals surface area contributed by atoms with Gasteiger partial charge in [-0.3, -0.25) is 4.98 Å². The maximum absolute atomic E-state index is 13.5. The third-order valence-electron chi connectivity index (χ3n) is 7.54. The minimum atomic E-state index is -2.66. The van der Waals surface area contributed by atoms with Gasteiger partial charge in [-0.15, -0.1) is 0 Å². The Morgan fingerprint density at radius 3 is 2.48 bits per heavy atom. The third kappa shape index (κ3) is 5.60. The summed E-state index contributed by atoms with van der Waals surface area (Å²) >= 11 is 3.60.